The first-order valence-corrected chi connectivity index (χ1v) is 7.96. The van der Waals surface area contributed by atoms with E-state index < -0.39 is 11.4 Å². The SMILES string of the molecule is N#Cc1ccc2nc3c4cc(CCl)c(C(=O)O)nc4c(=O)cc-3oc2c1. The maximum atomic E-state index is 12.4. The lowest BCUT2D eigenvalue weighted by Crippen LogP contribution is -2.12. The quantitative estimate of drug-likeness (QED) is 0.329. The van der Waals surface area contributed by atoms with Gasteiger partial charge in [-0.2, -0.15) is 5.26 Å². The van der Waals surface area contributed by atoms with Crippen LogP contribution in [-0.4, -0.2) is 21.0 Å². The van der Waals surface area contributed by atoms with E-state index in [9.17, 15) is 14.7 Å². The van der Waals surface area contributed by atoms with Crippen molar-refractivity contribution in [3.05, 3.63) is 57.4 Å². The molecule has 0 atom stereocenters. The number of nitriles is 1. The van der Waals surface area contributed by atoms with Gasteiger partial charge >= 0.3 is 5.97 Å². The average Bonchev–Trinajstić information content (AvgIpc) is 2.65. The van der Waals surface area contributed by atoms with E-state index in [1.807, 2.05) is 6.07 Å². The molecule has 1 aliphatic heterocycles. The first kappa shape index (κ1) is 16.0. The van der Waals surface area contributed by atoms with Crippen LogP contribution in [0.4, 0.5) is 0 Å². The van der Waals surface area contributed by atoms with E-state index >= 15 is 0 Å². The van der Waals surface area contributed by atoms with E-state index in [0.717, 1.165) is 0 Å². The van der Waals surface area contributed by atoms with Crippen LogP contribution in [-0.2, 0) is 5.88 Å². The molecule has 0 spiro atoms. The van der Waals surface area contributed by atoms with E-state index in [4.69, 9.17) is 21.3 Å². The number of fused-ring (bicyclic) bond motifs is 4. The predicted molar refractivity (Wildman–Crippen MR) is 93.4 cm³/mol. The average molecular weight is 366 g/mol. The van der Waals surface area contributed by atoms with Gasteiger partial charge in [-0.1, -0.05) is 0 Å². The van der Waals surface area contributed by atoms with Crippen molar-refractivity contribution in [1.82, 2.24) is 9.97 Å². The molecule has 0 saturated heterocycles. The zero-order valence-corrected chi connectivity index (χ0v) is 13.7. The summed E-state index contributed by atoms with van der Waals surface area (Å²) < 4.78 is 5.74. The fourth-order valence-electron chi connectivity index (χ4n) is 2.79. The maximum absolute atomic E-state index is 12.4. The lowest BCUT2D eigenvalue weighted by Gasteiger charge is -2.11. The molecule has 0 bridgehead atoms. The van der Waals surface area contributed by atoms with Gasteiger partial charge in [0.1, 0.15) is 16.7 Å². The number of rotatable bonds is 2. The normalized spacial score (nSPS) is 11.1. The summed E-state index contributed by atoms with van der Waals surface area (Å²) in [7, 11) is 0. The van der Waals surface area contributed by atoms with Gasteiger partial charge in [0.25, 0.3) is 0 Å². The Hall–Kier alpha value is -3.50. The van der Waals surface area contributed by atoms with Crippen molar-refractivity contribution < 1.29 is 14.3 Å². The number of carboxylic acid groups (broad SMARTS) is 1. The van der Waals surface area contributed by atoms with Crippen LogP contribution in [0.3, 0.4) is 0 Å². The minimum Gasteiger partial charge on any atom is -0.477 e. The highest BCUT2D eigenvalue weighted by Crippen LogP contribution is 2.31. The van der Waals surface area contributed by atoms with Crippen molar-refractivity contribution in [2.24, 2.45) is 0 Å². The molecule has 1 aliphatic carbocycles. The molecule has 1 aromatic heterocycles. The molecule has 2 aliphatic rings. The van der Waals surface area contributed by atoms with Gasteiger partial charge in [0.05, 0.1) is 11.6 Å². The summed E-state index contributed by atoms with van der Waals surface area (Å²) in [6.45, 7) is 0. The third-order valence-corrected chi connectivity index (χ3v) is 4.26. The van der Waals surface area contributed by atoms with Crippen molar-refractivity contribution in [3.63, 3.8) is 0 Å². The summed E-state index contributed by atoms with van der Waals surface area (Å²) in [6, 6.07) is 9.49. The lowest BCUT2D eigenvalue weighted by atomic mass is 10.0. The number of benzene rings is 2. The number of alkyl halides is 1. The number of hydrogen-bond donors (Lipinski definition) is 1. The zero-order chi connectivity index (χ0) is 18.4. The van der Waals surface area contributed by atoms with Gasteiger partial charge in [-0.25, -0.2) is 14.8 Å². The number of carboxylic acids is 1. The van der Waals surface area contributed by atoms with Crippen molar-refractivity contribution >= 4 is 39.6 Å². The first-order chi connectivity index (χ1) is 12.5. The van der Waals surface area contributed by atoms with Gasteiger partial charge in [0.2, 0.25) is 5.43 Å². The number of nitrogens with zero attached hydrogens (tertiary/aromatic N) is 3. The molecule has 2 aromatic rings. The Morgan fingerprint density at radius 3 is 2.77 bits per heavy atom. The highest BCUT2D eigenvalue weighted by atomic mass is 35.5. The molecule has 1 aromatic carbocycles. The fourth-order valence-corrected chi connectivity index (χ4v) is 2.99. The summed E-state index contributed by atoms with van der Waals surface area (Å²) in [6.07, 6.45) is 0. The molecule has 4 rings (SSSR count). The van der Waals surface area contributed by atoms with Crippen LogP contribution in [0.1, 0.15) is 21.6 Å². The molecule has 1 N–H and O–H groups in total. The van der Waals surface area contributed by atoms with E-state index in [2.05, 4.69) is 9.97 Å². The van der Waals surface area contributed by atoms with Crippen LogP contribution in [0.5, 0.6) is 0 Å². The van der Waals surface area contributed by atoms with E-state index in [1.54, 1.807) is 12.1 Å². The molecule has 0 radical (unpaired) electrons. The molecular weight excluding hydrogens is 358 g/mol. The number of hydrogen-bond acceptors (Lipinski definition) is 6. The highest BCUT2D eigenvalue weighted by molar-refractivity contribution is 6.18. The van der Waals surface area contributed by atoms with Crippen LogP contribution in [0.2, 0.25) is 0 Å². The first-order valence-electron chi connectivity index (χ1n) is 7.42. The number of aromatic nitrogens is 2. The Morgan fingerprint density at radius 1 is 1.27 bits per heavy atom. The third-order valence-electron chi connectivity index (χ3n) is 3.97. The number of aromatic carboxylic acids is 1. The largest absolute Gasteiger partial charge is 0.477 e. The Balaban J connectivity index is 2.15. The van der Waals surface area contributed by atoms with Crippen molar-refractivity contribution in [2.75, 3.05) is 0 Å². The Labute approximate surface area is 150 Å². The summed E-state index contributed by atoms with van der Waals surface area (Å²) in [5.41, 5.74) is 1.14. The summed E-state index contributed by atoms with van der Waals surface area (Å²) in [5.74, 6) is -1.12. The van der Waals surface area contributed by atoms with Crippen LogP contribution in [0.15, 0.2) is 39.5 Å². The van der Waals surface area contributed by atoms with Crippen LogP contribution < -0.4 is 5.43 Å². The second kappa shape index (κ2) is 5.79. The lowest BCUT2D eigenvalue weighted by molar-refractivity contribution is 0.0690. The molecular formula is C18H8ClN3O4. The molecule has 0 unspecified atom stereocenters. The van der Waals surface area contributed by atoms with Gasteiger partial charge in [-0.3, -0.25) is 4.79 Å². The van der Waals surface area contributed by atoms with E-state index in [0.29, 0.717) is 27.7 Å². The van der Waals surface area contributed by atoms with E-state index in [-0.39, 0.29) is 28.4 Å². The van der Waals surface area contributed by atoms with Gasteiger partial charge in [-0.05, 0) is 18.2 Å². The fraction of sp³-hybridized carbons (Fsp3) is 0.0556. The highest BCUT2D eigenvalue weighted by Gasteiger charge is 2.21. The smallest absolute Gasteiger partial charge is 0.354 e. The molecule has 0 fully saturated rings. The third kappa shape index (κ3) is 2.36. The number of halogens is 1. The van der Waals surface area contributed by atoms with Crippen molar-refractivity contribution in [3.8, 4) is 17.5 Å². The minimum atomic E-state index is -1.26. The standard InChI is InChI=1S/C18H8ClN3O4/c19-6-9-4-10-16(22-15(9)18(24)25)12(23)5-14-17(10)21-11-2-1-8(7-20)3-13(11)26-14/h1-5H,6H2,(H,24,25). The van der Waals surface area contributed by atoms with Gasteiger partial charge in [-0.15, -0.1) is 11.6 Å². The van der Waals surface area contributed by atoms with E-state index in [1.165, 1.54) is 18.2 Å². The monoisotopic (exact) mass is 365 g/mol. The maximum Gasteiger partial charge on any atom is 0.354 e. The summed E-state index contributed by atoms with van der Waals surface area (Å²) in [4.78, 5) is 32.2. The van der Waals surface area contributed by atoms with Crippen LogP contribution in [0, 0.1) is 11.3 Å². The second-order valence-electron chi connectivity index (χ2n) is 5.56. The van der Waals surface area contributed by atoms with Gasteiger partial charge < -0.3 is 9.52 Å². The molecule has 2 heterocycles. The molecule has 7 nitrogen and oxygen atoms in total. The Bertz CT molecular complexity index is 1290. The van der Waals surface area contributed by atoms with Gasteiger partial charge in [0.15, 0.2) is 17.0 Å². The molecule has 0 saturated carbocycles. The number of pyridine rings is 1. The Kier molecular flexibility index (Phi) is 3.56. The topological polar surface area (TPSA) is 117 Å². The zero-order valence-electron chi connectivity index (χ0n) is 13.0. The van der Waals surface area contributed by atoms with Crippen LogP contribution >= 0.6 is 11.6 Å². The molecule has 0 amide bonds. The predicted octanol–water partition coefficient (Wildman–Crippen LogP) is 3.15. The minimum absolute atomic E-state index is 0.0144. The van der Waals surface area contributed by atoms with Crippen LogP contribution in [0.25, 0.3) is 33.5 Å². The van der Waals surface area contributed by atoms with Crippen molar-refractivity contribution in [2.45, 2.75) is 5.88 Å². The van der Waals surface area contributed by atoms with Crippen molar-refractivity contribution in [1.29, 1.82) is 5.26 Å². The second-order valence-corrected chi connectivity index (χ2v) is 5.83. The number of carbonyl (C=O) groups is 1. The molecule has 8 heteroatoms. The Morgan fingerprint density at radius 2 is 2.08 bits per heavy atom. The van der Waals surface area contributed by atoms with Gasteiger partial charge in [0, 0.05) is 29.0 Å². The molecule has 126 valence electrons. The summed E-state index contributed by atoms with van der Waals surface area (Å²) >= 11 is 5.84. The summed E-state index contributed by atoms with van der Waals surface area (Å²) in [5, 5.41) is 18.6. The molecule has 26 heavy (non-hydrogen) atoms.